The number of para-hydroxylation sites is 1. The number of nitrogens with zero attached hydrogens (tertiary/aromatic N) is 2. The first-order valence-corrected chi connectivity index (χ1v) is 8.93. The predicted octanol–water partition coefficient (Wildman–Crippen LogP) is 2.98. The zero-order valence-electron chi connectivity index (χ0n) is 15.7. The van der Waals surface area contributed by atoms with Crippen molar-refractivity contribution in [1.82, 2.24) is 14.9 Å². The van der Waals surface area contributed by atoms with Crippen LogP contribution in [0.3, 0.4) is 0 Å². The van der Waals surface area contributed by atoms with Gasteiger partial charge in [-0.3, -0.25) is 14.2 Å². The quantitative estimate of drug-likeness (QED) is 0.729. The van der Waals surface area contributed by atoms with Gasteiger partial charge < -0.3 is 10.1 Å². The summed E-state index contributed by atoms with van der Waals surface area (Å²) in [6, 6.07) is 14.6. The van der Waals surface area contributed by atoms with Crippen LogP contribution in [-0.2, 0) is 11.3 Å². The molecule has 1 atom stereocenters. The number of aryl methyl sites for hydroxylation is 1. The van der Waals surface area contributed by atoms with E-state index in [4.69, 9.17) is 4.74 Å². The number of aromatic nitrogens is 2. The molecule has 27 heavy (non-hydrogen) atoms. The van der Waals surface area contributed by atoms with Crippen LogP contribution in [0.15, 0.2) is 53.3 Å². The molecule has 0 saturated carbocycles. The molecule has 1 heterocycles. The van der Waals surface area contributed by atoms with Gasteiger partial charge in [0.15, 0.2) is 0 Å². The van der Waals surface area contributed by atoms with Gasteiger partial charge in [0.2, 0.25) is 5.91 Å². The number of fused-ring (bicyclic) bond motifs is 1. The van der Waals surface area contributed by atoms with Crippen LogP contribution in [0.4, 0.5) is 0 Å². The lowest BCUT2D eigenvalue weighted by atomic mass is 10.0. The fourth-order valence-corrected chi connectivity index (χ4v) is 3.11. The zero-order chi connectivity index (χ0) is 19.4. The Kier molecular flexibility index (Phi) is 5.54. The number of methoxy groups -OCH3 is 1. The normalized spacial score (nSPS) is 12.0. The molecule has 1 amide bonds. The molecule has 6 nitrogen and oxygen atoms in total. The molecule has 6 heteroatoms. The second-order valence-corrected chi connectivity index (χ2v) is 6.37. The molecular formula is C21H23N3O3. The number of carbonyl (C=O) groups is 1. The van der Waals surface area contributed by atoms with Crippen LogP contribution in [0.1, 0.15) is 30.8 Å². The van der Waals surface area contributed by atoms with Gasteiger partial charge >= 0.3 is 0 Å². The molecule has 0 aliphatic carbocycles. The van der Waals surface area contributed by atoms with Gasteiger partial charge in [-0.25, -0.2) is 4.98 Å². The third-order valence-electron chi connectivity index (χ3n) is 4.62. The third kappa shape index (κ3) is 4.00. The zero-order valence-corrected chi connectivity index (χ0v) is 15.7. The summed E-state index contributed by atoms with van der Waals surface area (Å²) < 4.78 is 6.59. The molecule has 1 N–H and O–H groups in total. The van der Waals surface area contributed by atoms with Gasteiger partial charge in [0.05, 0.1) is 24.1 Å². The number of rotatable bonds is 6. The predicted molar refractivity (Wildman–Crippen MR) is 105 cm³/mol. The SMILES string of the molecule is CC[C@H](NC(=O)Cn1c(C)nc2ccccc2c1=O)c1ccc(OC)cc1. The lowest BCUT2D eigenvalue weighted by Crippen LogP contribution is -2.35. The van der Waals surface area contributed by atoms with E-state index in [0.29, 0.717) is 16.7 Å². The topological polar surface area (TPSA) is 73.2 Å². The molecule has 1 aromatic heterocycles. The summed E-state index contributed by atoms with van der Waals surface area (Å²) in [5, 5.41) is 3.52. The van der Waals surface area contributed by atoms with Crippen molar-refractivity contribution in [3.05, 3.63) is 70.3 Å². The van der Waals surface area contributed by atoms with E-state index in [1.54, 1.807) is 32.2 Å². The van der Waals surface area contributed by atoms with E-state index in [0.717, 1.165) is 17.7 Å². The monoisotopic (exact) mass is 365 g/mol. The van der Waals surface area contributed by atoms with Crippen molar-refractivity contribution in [2.75, 3.05) is 7.11 Å². The second kappa shape index (κ2) is 8.03. The molecule has 3 rings (SSSR count). The Bertz CT molecular complexity index is 1010. The standard InChI is InChI=1S/C21H23N3O3/c1-4-18(15-9-11-16(27-3)12-10-15)23-20(25)13-24-14(2)22-19-8-6-5-7-17(19)21(24)26/h5-12,18H,4,13H2,1-3H3,(H,23,25)/t18-/m0/s1. The fourth-order valence-electron chi connectivity index (χ4n) is 3.11. The molecule has 0 saturated heterocycles. The Balaban J connectivity index is 1.80. The summed E-state index contributed by atoms with van der Waals surface area (Å²) in [5.74, 6) is 1.07. The first kappa shape index (κ1) is 18.6. The highest BCUT2D eigenvalue weighted by Gasteiger charge is 2.16. The molecule has 3 aromatic rings. The summed E-state index contributed by atoms with van der Waals surface area (Å²) >= 11 is 0. The van der Waals surface area contributed by atoms with Crippen molar-refractivity contribution in [3.63, 3.8) is 0 Å². The third-order valence-corrected chi connectivity index (χ3v) is 4.62. The van der Waals surface area contributed by atoms with Gasteiger partial charge in [-0.15, -0.1) is 0 Å². The van der Waals surface area contributed by atoms with E-state index >= 15 is 0 Å². The smallest absolute Gasteiger partial charge is 0.261 e. The molecule has 0 unspecified atom stereocenters. The van der Waals surface area contributed by atoms with Crippen LogP contribution in [0.5, 0.6) is 5.75 Å². The Morgan fingerprint density at radius 1 is 1.19 bits per heavy atom. The number of carbonyl (C=O) groups excluding carboxylic acids is 1. The van der Waals surface area contributed by atoms with E-state index in [1.165, 1.54) is 4.57 Å². The average Bonchev–Trinajstić information content (AvgIpc) is 2.69. The Morgan fingerprint density at radius 2 is 1.89 bits per heavy atom. The van der Waals surface area contributed by atoms with Crippen LogP contribution in [0, 0.1) is 6.92 Å². The highest BCUT2D eigenvalue weighted by Crippen LogP contribution is 2.20. The first-order chi connectivity index (χ1) is 13.0. The van der Waals surface area contributed by atoms with E-state index in [-0.39, 0.29) is 24.1 Å². The Morgan fingerprint density at radius 3 is 2.56 bits per heavy atom. The van der Waals surface area contributed by atoms with Crippen LogP contribution in [0.25, 0.3) is 10.9 Å². The van der Waals surface area contributed by atoms with E-state index < -0.39 is 0 Å². The summed E-state index contributed by atoms with van der Waals surface area (Å²) in [4.78, 5) is 29.7. The molecule has 0 fully saturated rings. The molecule has 0 spiro atoms. The molecule has 140 valence electrons. The number of ether oxygens (including phenoxy) is 1. The van der Waals surface area contributed by atoms with Gasteiger partial charge in [0.1, 0.15) is 18.1 Å². The maximum atomic E-state index is 12.7. The highest BCUT2D eigenvalue weighted by atomic mass is 16.5. The van der Waals surface area contributed by atoms with Crippen molar-refractivity contribution in [1.29, 1.82) is 0 Å². The maximum Gasteiger partial charge on any atom is 0.261 e. The minimum absolute atomic E-state index is 0.0604. The first-order valence-electron chi connectivity index (χ1n) is 8.93. The molecule has 0 aliphatic heterocycles. The summed E-state index contributed by atoms with van der Waals surface area (Å²) in [6.07, 6.45) is 0.738. The number of hydrogen-bond acceptors (Lipinski definition) is 4. The lowest BCUT2D eigenvalue weighted by Gasteiger charge is -2.19. The van der Waals surface area contributed by atoms with Crippen LogP contribution < -0.4 is 15.6 Å². The van der Waals surface area contributed by atoms with E-state index in [9.17, 15) is 9.59 Å². The summed E-state index contributed by atoms with van der Waals surface area (Å²) in [6.45, 7) is 3.68. The minimum Gasteiger partial charge on any atom is -0.497 e. The molecule has 2 aromatic carbocycles. The molecule has 0 aliphatic rings. The van der Waals surface area contributed by atoms with Crippen molar-refractivity contribution >= 4 is 16.8 Å². The molecule has 0 bridgehead atoms. The van der Waals surface area contributed by atoms with Gasteiger partial charge in [0.25, 0.3) is 5.56 Å². The van der Waals surface area contributed by atoms with E-state index in [1.807, 2.05) is 37.3 Å². The largest absolute Gasteiger partial charge is 0.497 e. The van der Waals surface area contributed by atoms with Crippen LogP contribution in [0.2, 0.25) is 0 Å². The lowest BCUT2D eigenvalue weighted by molar-refractivity contribution is -0.122. The van der Waals surface area contributed by atoms with Crippen molar-refractivity contribution in [3.8, 4) is 5.75 Å². The Labute approximate surface area is 157 Å². The van der Waals surface area contributed by atoms with Crippen molar-refractivity contribution in [2.45, 2.75) is 32.9 Å². The van der Waals surface area contributed by atoms with Crippen LogP contribution >= 0.6 is 0 Å². The van der Waals surface area contributed by atoms with E-state index in [2.05, 4.69) is 10.3 Å². The summed E-state index contributed by atoms with van der Waals surface area (Å²) in [5.41, 5.74) is 1.43. The van der Waals surface area contributed by atoms with Gasteiger partial charge in [-0.2, -0.15) is 0 Å². The maximum absolute atomic E-state index is 12.7. The number of benzene rings is 2. The molecular weight excluding hydrogens is 342 g/mol. The Hall–Kier alpha value is -3.15. The van der Waals surface area contributed by atoms with Gasteiger partial charge in [-0.1, -0.05) is 31.2 Å². The minimum atomic E-state index is -0.222. The average molecular weight is 365 g/mol. The summed E-state index contributed by atoms with van der Waals surface area (Å²) in [7, 11) is 1.62. The number of amides is 1. The van der Waals surface area contributed by atoms with Crippen LogP contribution in [-0.4, -0.2) is 22.6 Å². The second-order valence-electron chi connectivity index (χ2n) is 6.37. The van der Waals surface area contributed by atoms with Gasteiger partial charge in [-0.05, 0) is 43.2 Å². The number of nitrogens with one attached hydrogen (secondary N) is 1. The highest BCUT2D eigenvalue weighted by molar-refractivity contribution is 5.79. The number of hydrogen-bond donors (Lipinski definition) is 1. The molecule has 0 radical (unpaired) electrons. The van der Waals surface area contributed by atoms with Gasteiger partial charge in [0, 0.05) is 0 Å². The van der Waals surface area contributed by atoms with Crippen molar-refractivity contribution < 1.29 is 9.53 Å². The van der Waals surface area contributed by atoms with Crippen molar-refractivity contribution in [2.24, 2.45) is 0 Å². The fraction of sp³-hybridized carbons (Fsp3) is 0.286.